The topological polar surface area (TPSA) is 43.4 Å². The number of carbonyl (C=O) groups is 2. The second-order valence-corrected chi connectivity index (χ2v) is 8.01. The number of Topliss-reactive ketones (excluding diaryl/α,β-unsaturated/α-hetero) is 1. The number of rotatable bonds is 7. The highest BCUT2D eigenvalue weighted by Gasteiger charge is 2.18. The van der Waals surface area contributed by atoms with Crippen LogP contribution in [-0.2, 0) is 22.4 Å². The van der Waals surface area contributed by atoms with Gasteiger partial charge in [-0.15, -0.1) is 11.3 Å². The number of thiophene rings is 1. The summed E-state index contributed by atoms with van der Waals surface area (Å²) in [6.07, 6.45) is 0.501. The summed E-state index contributed by atoms with van der Waals surface area (Å²) in [5.41, 5.74) is 2.80. The van der Waals surface area contributed by atoms with Crippen LogP contribution in [0.5, 0.6) is 0 Å². The third-order valence-electron chi connectivity index (χ3n) is 4.04. The Morgan fingerprint density at radius 1 is 1.00 bits per heavy atom. The molecule has 0 aliphatic carbocycles. The van der Waals surface area contributed by atoms with Crippen molar-refractivity contribution in [1.29, 1.82) is 0 Å². The molecular formula is C22H19BrO3S. The summed E-state index contributed by atoms with van der Waals surface area (Å²) in [5.74, 6) is -0.228. The third kappa shape index (κ3) is 5.15. The van der Waals surface area contributed by atoms with Gasteiger partial charge in [-0.25, -0.2) is 0 Å². The van der Waals surface area contributed by atoms with Crippen LogP contribution >= 0.6 is 27.3 Å². The predicted molar refractivity (Wildman–Crippen MR) is 112 cm³/mol. The molecule has 0 saturated carbocycles. The molecule has 0 fully saturated rings. The van der Waals surface area contributed by atoms with Crippen LogP contribution in [-0.4, -0.2) is 18.4 Å². The van der Waals surface area contributed by atoms with Gasteiger partial charge in [-0.1, -0.05) is 58.4 Å². The van der Waals surface area contributed by atoms with Crippen molar-refractivity contribution in [3.05, 3.63) is 81.1 Å². The van der Waals surface area contributed by atoms with E-state index < -0.39 is 0 Å². The van der Waals surface area contributed by atoms with E-state index in [4.69, 9.17) is 4.74 Å². The zero-order chi connectivity index (χ0) is 19.2. The van der Waals surface area contributed by atoms with E-state index in [0.717, 1.165) is 26.0 Å². The summed E-state index contributed by atoms with van der Waals surface area (Å²) in [4.78, 5) is 26.4. The Hall–Kier alpha value is -2.24. The normalized spacial score (nSPS) is 10.6. The molecule has 138 valence electrons. The predicted octanol–water partition coefficient (Wildman–Crippen LogP) is 5.71. The Kier molecular flexibility index (Phi) is 6.58. The SMILES string of the molecule is CCOC(=O)Cc1cc(C(=O)Cc2ccc(Br)cc2)sc1-c1ccccc1. The molecule has 3 rings (SSSR count). The highest BCUT2D eigenvalue weighted by molar-refractivity contribution is 9.10. The first-order chi connectivity index (χ1) is 13.1. The molecule has 1 aromatic heterocycles. The fourth-order valence-electron chi connectivity index (χ4n) is 2.77. The summed E-state index contributed by atoms with van der Waals surface area (Å²) in [6.45, 7) is 2.13. The van der Waals surface area contributed by atoms with Crippen LogP contribution < -0.4 is 0 Å². The molecule has 5 heteroatoms. The minimum atomic E-state index is -0.278. The summed E-state index contributed by atoms with van der Waals surface area (Å²) in [7, 11) is 0. The maximum Gasteiger partial charge on any atom is 0.310 e. The van der Waals surface area contributed by atoms with Crippen molar-refractivity contribution >= 4 is 39.0 Å². The zero-order valence-electron chi connectivity index (χ0n) is 14.9. The molecular weight excluding hydrogens is 424 g/mol. The molecule has 0 aliphatic rings. The van der Waals surface area contributed by atoms with E-state index in [1.807, 2.05) is 60.7 Å². The Balaban J connectivity index is 1.89. The molecule has 2 aromatic carbocycles. The first-order valence-electron chi connectivity index (χ1n) is 8.68. The smallest absolute Gasteiger partial charge is 0.310 e. The van der Waals surface area contributed by atoms with Crippen LogP contribution in [0.1, 0.15) is 27.7 Å². The monoisotopic (exact) mass is 442 g/mol. The van der Waals surface area contributed by atoms with Gasteiger partial charge in [0.05, 0.1) is 17.9 Å². The van der Waals surface area contributed by atoms with Crippen molar-refractivity contribution in [3.8, 4) is 10.4 Å². The van der Waals surface area contributed by atoms with E-state index in [0.29, 0.717) is 17.9 Å². The fourth-order valence-corrected chi connectivity index (χ4v) is 4.16. The average molecular weight is 443 g/mol. The number of benzene rings is 2. The molecule has 0 aliphatic heterocycles. The summed E-state index contributed by atoms with van der Waals surface area (Å²) in [6, 6.07) is 19.4. The lowest BCUT2D eigenvalue weighted by molar-refractivity contribution is -0.142. The summed E-state index contributed by atoms with van der Waals surface area (Å²) in [5, 5.41) is 0. The number of esters is 1. The quantitative estimate of drug-likeness (QED) is 0.347. The molecule has 0 unspecified atom stereocenters. The summed E-state index contributed by atoms with van der Waals surface area (Å²) >= 11 is 4.84. The van der Waals surface area contributed by atoms with Gasteiger partial charge in [0, 0.05) is 15.8 Å². The van der Waals surface area contributed by atoms with Gasteiger partial charge in [0.15, 0.2) is 5.78 Å². The van der Waals surface area contributed by atoms with Crippen LogP contribution in [0, 0.1) is 0 Å². The van der Waals surface area contributed by atoms with Gasteiger partial charge in [0.2, 0.25) is 0 Å². The van der Waals surface area contributed by atoms with E-state index in [1.54, 1.807) is 6.92 Å². The van der Waals surface area contributed by atoms with Gasteiger partial charge in [-0.2, -0.15) is 0 Å². The van der Waals surface area contributed by atoms with E-state index in [-0.39, 0.29) is 18.2 Å². The molecule has 0 atom stereocenters. The third-order valence-corrected chi connectivity index (χ3v) is 5.83. The summed E-state index contributed by atoms with van der Waals surface area (Å²) < 4.78 is 6.07. The largest absolute Gasteiger partial charge is 0.466 e. The van der Waals surface area contributed by atoms with Gasteiger partial charge in [-0.05, 0) is 41.8 Å². The Morgan fingerprint density at radius 2 is 1.70 bits per heavy atom. The minimum Gasteiger partial charge on any atom is -0.466 e. The Morgan fingerprint density at radius 3 is 2.37 bits per heavy atom. The minimum absolute atomic E-state index is 0.0506. The lowest BCUT2D eigenvalue weighted by Crippen LogP contribution is -2.07. The van der Waals surface area contributed by atoms with Crippen molar-refractivity contribution in [2.45, 2.75) is 19.8 Å². The van der Waals surface area contributed by atoms with Crippen molar-refractivity contribution in [1.82, 2.24) is 0 Å². The molecule has 1 heterocycles. The fraction of sp³-hybridized carbons (Fsp3) is 0.182. The average Bonchev–Trinajstić information content (AvgIpc) is 3.08. The molecule has 0 amide bonds. The zero-order valence-corrected chi connectivity index (χ0v) is 17.3. The molecule has 0 spiro atoms. The second-order valence-electron chi connectivity index (χ2n) is 6.04. The second kappa shape index (κ2) is 9.11. The number of ether oxygens (including phenoxy) is 1. The first kappa shape index (κ1) is 19.5. The lowest BCUT2D eigenvalue weighted by atomic mass is 10.0. The van der Waals surface area contributed by atoms with E-state index in [9.17, 15) is 9.59 Å². The highest BCUT2D eigenvalue weighted by Crippen LogP contribution is 2.34. The van der Waals surface area contributed by atoms with Crippen LogP contribution in [0.3, 0.4) is 0 Å². The first-order valence-corrected chi connectivity index (χ1v) is 10.3. The van der Waals surface area contributed by atoms with E-state index in [2.05, 4.69) is 15.9 Å². The molecule has 3 nitrogen and oxygen atoms in total. The van der Waals surface area contributed by atoms with E-state index in [1.165, 1.54) is 11.3 Å². The van der Waals surface area contributed by atoms with E-state index >= 15 is 0 Å². The molecule has 0 bridgehead atoms. The Bertz CT molecular complexity index is 930. The molecule has 3 aromatic rings. The molecule has 0 radical (unpaired) electrons. The van der Waals surface area contributed by atoms with Crippen molar-refractivity contribution < 1.29 is 14.3 Å². The number of ketones is 1. The molecule has 0 N–H and O–H groups in total. The lowest BCUT2D eigenvalue weighted by Gasteiger charge is -2.04. The highest BCUT2D eigenvalue weighted by atomic mass is 79.9. The number of hydrogen-bond acceptors (Lipinski definition) is 4. The van der Waals surface area contributed by atoms with Gasteiger partial charge in [0.1, 0.15) is 0 Å². The Labute approximate surface area is 171 Å². The van der Waals surface area contributed by atoms with Crippen molar-refractivity contribution in [2.75, 3.05) is 6.61 Å². The number of carbonyl (C=O) groups excluding carboxylic acids is 2. The van der Waals surface area contributed by atoms with Crippen LogP contribution in [0.15, 0.2) is 65.1 Å². The number of hydrogen-bond donors (Lipinski definition) is 0. The van der Waals surface area contributed by atoms with Gasteiger partial charge in [-0.3, -0.25) is 9.59 Å². The van der Waals surface area contributed by atoms with Gasteiger partial charge < -0.3 is 4.74 Å². The maximum absolute atomic E-state index is 12.8. The molecule has 0 saturated heterocycles. The van der Waals surface area contributed by atoms with Gasteiger partial charge in [0.25, 0.3) is 0 Å². The molecule has 27 heavy (non-hydrogen) atoms. The van der Waals surface area contributed by atoms with Crippen molar-refractivity contribution in [3.63, 3.8) is 0 Å². The van der Waals surface area contributed by atoms with Gasteiger partial charge >= 0.3 is 5.97 Å². The number of halogens is 1. The maximum atomic E-state index is 12.8. The van der Waals surface area contributed by atoms with Crippen LogP contribution in [0.4, 0.5) is 0 Å². The standard InChI is InChI=1S/C22H19BrO3S/c1-2-26-21(25)14-17-13-20(27-22(17)16-6-4-3-5-7-16)19(24)12-15-8-10-18(23)11-9-15/h3-11,13H,2,12,14H2,1H3. The van der Waals surface area contributed by atoms with Crippen LogP contribution in [0.25, 0.3) is 10.4 Å². The van der Waals surface area contributed by atoms with Crippen LogP contribution in [0.2, 0.25) is 0 Å². The van der Waals surface area contributed by atoms with Crippen molar-refractivity contribution in [2.24, 2.45) is 0 Å².